The number of hydrogen-bond acceptors (Lipinski definition) is 4. The number of rotatable bonds is 4. The van der Waals surface area contributed by atoms with Crippen LogP contribution in [0.25, 0.3) is 0 Å². The van der Waals surface area contributed by atoms with Crippen LogP contribution in [0.5, 0.6) is 0 Å². The van der Waals surface area contributed by atoms with Crippen LogP contribution in [-0.2, 0) is 14.6 Å². The van der Waals surface area contributed by atoms with Crippen molar-refractivity contribution in [2.24, 2.45) is 4.99 Å². The van der Waals surface area contributed by atoms with Crippen LogP contribution in [0.15, 0.2) is 23.2 Å². The van der Waals surface area contributed by atoms with Gasteiger partial charge in [-0.25, -0.2) is 12.8 Å². The third-order valence-corrected chi connectivity index (χ3v) is 7.73. The second-order valence-corrected chi connectivity index (χ2v) is 9.93. The molecule has 2 saturated heterocycles. The van der Waals surface area contributed by atoms with Gasteiger partial charge in [0.05, 0.1) is 22.6 Å². The third kappa shape index (κ3) is 4.01. The van der Waals surface area contributed by atoms with E-state index in [2.05, 4.69) is 4.99 Å². The quantitative estimate of drug-likeness (QED) is 0.770. The first-order chi connectivity index (χ1) is 11.8. The molecule has 1 aromatic rings. The van der Waals surface area contributed by atoms with Gasteiger partial charge in [0.25, 0.3) is 0 Å². The second-order valence-electron chi connectivity index (χ2n) is 6.16. The maximum Gasteiger partial charge on any atom is 0.248 e. The summed E-state index contributed by atoms with van der Waals surface area (Å²) in [5.74, 6) is -0.828. The predicted octanol–water partition coefficient (Wildman–Crippen LogP) is 3.27. The van der Waals surface area contributed by atoms with Crippen molar-refractivity contribution >= 4 is 50.0 Å². The van der Waals surface area contributed by atoms with Gasteiger partial charge in [-0.3, -0.25) is 4.79 Å². The van der Waals surface area contributed by atoms with Gasteiger partial charge >= 0.3 is 0 Å². The zero-order chi connectivity index (χ0) is 18.2. The van der Waals surface area contributed by atoms with E-state index in [4.69, 9.17) is 11.6 Å². The number of sulfone groups is 1. The molecule has 9 heteroatoms. The number of anilines is 1. The van der Waals surface area contributed by atoms with Crippen molar-refractivity contribution in [1.82, 2.24) is 0 Å². The highest BCUT2D eigenvalue weighted by molar-refractivity contribution is 8.16. The average Bonchev–Trinajstić information content (AvgIpc) is 2.99. The van der Waals surface area contributed by atoms with Crippen molar-refractivity contribution < 1.29 is 17.6 Å². The molecule has 0 radical (unpaired) electrons. The number of carbonyl (C=O) groups is 1. The monoisotopic (exact) mass is 404 g/mol. The highest BCUT2D eigenvalue weighted by atomic mass is 35.5. The lowest BCUT2D eigenvalue weighted by atomic mass is 10.2. The summed E-state index contributed by atoms with van der Waals surface area (Å²) in [5, 5.41) is 0.220. The second kappa shape index (κ2) is 7.25. The van der Waals surface area contributed by atoms with Crippen LogP contribution in [-0.4, -0.2) is 42.3 Å². The highest BCUT2D eigenvalue weighted by Crippen LogP contribution is 2.41. The van der Waals surface area contributed by atoms with Crippen molar-refractivity contribution in [1.29, 1.82) is 0 Å². The topological polar surface area (TPSA) is 66.8 Å². The Morgan fingerprint density at radius 1 is 1.44 bits per heavy atom. The number of fused-ring (bicyclic) bond motifs is 1. The minimum atomic E-state index is -3.15. The van der Waals surface area contributed by atoms with E-state index >= 15 is 0 Å². The molecular weight excluding hydrogens is 387 g/mol. The van der Waals surface area contributed by atoms with E-state index < -0.39 is 15.7 Å². The molecule has 2 aliphatic rings. The van der Waals surface area contributed by atoms with Crippen LogP contribution in [0.1, 0.15) is 26.2 Å². The molecule has 25 heavy (non-hydrogen) atoms. The molecule has 5 nitrogen and oxygen atoms in total. The summed E-state index contributed by atoms with van der Waals surface area (Å²) in [6, 6.07) is 3.94. The molecular formula is C16H18ClFN2O3S2. The van der Waals surface area contributed by atoms with Crippen LogP contribution >= 0.6 is 23.4 Å². The molecule has 2 aliphatic heterocycles. The number of carbonyl (C=O) groups excluding carboxylic acids is 1. The molecule has 0 aromatic heterocycles. The summed E-state index contributed by atoms with van der Waals surface area (Å²) in [4.78, 5) is 17.9. The maximum atomic E-state index is 13.9. The Bertz CT molecular complexity index is 829. The van der Waals surface area contributed by atoms with Crippen molar-refractivity contribution in [3.8, 4) is 0 Å². The van der Waals surface area contributed by atoms with Gasteiger partial charge < -0.3 is 4.90 Å². The molecule has 0 N–H and O–H groups in total. The van der Waals surface area contributed by atoms with Gasteiger partial charge in [-0.1, -0.05) is 36.7 Å². The summed E-state index contributed by atoms with van der Waals surface area (Å²) in [5.41, 5.74) is 0.459. The number of nitrogens with zero attached hydrogens (tertiary/aromatic N) is 2. The molecule has 0 spiro atoms. The molecule has 2 atom stereocenters. The molecule has 0 unspecified atom stereocenters. The number of thioether (sulfide) groups is 1. The molecule has 1 aromatic carbocycles. The van der Waals surface area contributed by atoms with E-state index in [9.17, 15) is 17.6 Å². The van der Waals surface area contributed by atoms with Crippen LogP contribution < -0.4 is 4.90 Å². The van der Waals surface area contributed by atoms with E-state index in [1.54, 1.807) is 11.0 Å². The third-order valence-electron chi connectivity index (χ3n) is 4.21. The number of amidine groups is 1. The Morgan fingerprint density at radius 2 is 2.20 bits per heavy atom. The lowest BCUT2D eigenvalue weighted by molar-refractivity contribution is -0.117. The van der Waals surface area contributed by atoms with Crippen molar-refractivity contribution in [2.45, 2.75) is 37.5 Å². The van der Waals surface area contributed by atoms with E-state index in [-0.39, 0.29) is 33.7 Å². The molecule has 3 rings (SSSR count). The standard InChI is InChI=1S/C16H18ClFN2O3S2/c1-2-3-4-15(21)19-16-20(10-5-6-11(17)12(18)7-10)13-8-25(22,23)9-14(13)24-16/h5-7,13-14H,2-4,8-9H2,1H3/t13-,14-/m1/s1. The van der Waals surface area contributed by atoms with Gasteiger partial charge in [-0.05, 0) is 24.6 Å². The highest BCUT2D eigenvalue weighted by Gasteiger charge is 2.49. The minimum Gasteiger partial charge on any atom is -0.315 e. The lowest BCUT2D eigenvalue weighted by Gasteiger charge is -2.24. The van der Waals surface area contributed by atoms with Gasteiger partial charge in [0.2, 0.25) is 5.91 Å². The summed E-state index contributed by atoms with van der Waals surface area (Å²) in [6.45, 7) is 1.99. The first-order valence-electron chi connectivity index (χ1n) is 8.03. The Balaban J connectivity index is 1.96. The molecule has 0 saturated carbocycles. The van der Waals surface area contributed by atoms with Gasteiger partial charge in [-0.2, -0.15) is 4.99 Å². The van der Waals surface area contributed by atoms with Gasteiger partial charge in [0, 0.05) is 17.4 Å². The Morgan fingerprint density at radius 3 is 2.88 bits per heavy atom. The fourth-order valence-corrected chi connectivity index (χ4v) is 7.04. The van der Waals surface area contributed by atoms with E-state index in [1.807, 2.05) is 6.92 Å². The normalized spacial score (nSPS) is 26.2. The minimum absolute atomic E-state index is 0.0105. The summed E-state index contributed by atoms with van der Waals surface area (Å²) in [7, 11) is -3.15. The number of amides is 1. The number of benzene rings is 1. The maximum absolute atomic E-state index is 13.9. The first-order valence-corrected chi connectivity index (χ1v) is 11.1. The Labute approximate surface area is 155 Å². The average molecular weight is 405 g/mol. The SMILES string of the molecule is CCCCC(=O)N=C1S[C@@H]2CS(=O)(=O)C[C@H]2N1c1ccc(Cl)c(F)c1. The lowest BCUT2D eigenvalue weighted by Crippen LogP contribution is -2.37. The Kier molecular flexibility index (Phi) is 5.41. The molecule has 2 fully saturated rings. The number of unbranched alkanes of at least 4 members (excludes halogenated alkanes) is 1. The Hall–Kier alpha value is -1.12. The summed E-state index contributed by atoms with van der Waals surface area (Å²) < 4.78 is 37.8. The summed E-state index contributed by atoms with van der Waals surface area (Å²) >= 11 is 7.02. The van der Waals surface area contributed by atoms with Crippen LogP contribution in [0.3, 0.4) is 0 Å². The zero-order valence-electron chi connectivity index (χ0n) is 13.6. The number of hydrogen-bond donors (Lipinski definition) is 0. The van der Waals surface area contributed by atoms with Gasteiger partial charge in [-0.15, -0.1) is 0 Å². The molecule has 0 bridgehead atoms. The largest absolute Gasteiger partial charge is 0.315 e. The van der Waals surface area contributed by atoms with Gasteiger partial charge in [0.15, 0.2) is 15.0 Å². The van der Waals surface area contributed by atoms with Crippen LogP contribution in [0.2, 0.25) is 5.02 Å². The molecule has 1 amide bonds. The van der Waals surface area contributed by atoms with Gasteiger partial charge in [0.1, 0.15) is 5.82 Å². The van der Waals surface area contributed by atoms with E-state index in [0.717, 1.165) is 12.8 Å². The first kappa shape index (κ1) is 18.7. The molecule has 0 aliphatic carbocycles. The van der Waals surface area contributed by atoms with Crippen LogP contribution in [0.4, 0.5) is 10.1 Å². The van der Waals surface area contributed by atoms with E-state index in [0.29, 0.717) is 17.3 Å². The van der Waals surface area contributed by atoms with Crippen molar-refractivity contribution in [3.05, 3.63) is 29.0 Å². The predicted molar refractivity (Wildman–Crippen MR) is 99.7 cm³/mol. The number of halogens is 2. The fraction of sp³-hybridized carbons (Fsp3) is 0.500. The smallest absolute Gasteiger partial charge is 0.248 e. The summed E-state index contributed by atoms with van der Waals surface area (Å²) in [6.07, 6.45) is 1.98. The van der Waals surface area contributed by atoms with Crippen LogP contribution in [0, 0.1) is 5.82 Å². The number of aliphatic imine (C=N–C) groups is 1. The molecule has 2 heterocycles. The fourth-order valence-electron chi connectivity index (χ4n) is 2.99. The molecule has 136 valence electrons. The zero-order valence-corrected chi connectivity index (χ0v) is 16.0. The van der Waals surface area contributed by atoms with Crippen molar-refractivity contribution in [2.75, 3.05) is 16.4 Å². The van der Waals surface area contributed by atoms with Crippen molar-refractivity contribution in [3.63, 3.8) is 0 Å². The van der Waals surface area contributed by atoms with E-state index in [1.165, 1.54) is 23.9 Å².